The molecule has 0 spiro atoms. The van der Waals surface area contributed by atoms with E-state index in [0.29, 0.717) is 35.8 Å². The van der Waals surface area contributed by atoms with Crippen molar-refractivity contribution in [3.63, 3.8) is 0 Å². The van der Waals surface area contributed by atoms with E-state index in [2.05, 4.69) is 4.72 Å². The molecule has 0 aliphatic heterocycles. The molecule has 0 bridgehead atoms. The van der Waals surface area contributed by atoms with Gasteiger partial charge in [0.1, 0.15) is 18.1 Å². The fraction of sp³-hybridized carbons (Fsp3) is 0.364. The average Bonchev–Trinajstić information content (AvgIpc) is 2.73. The molecule has 0 amide bonds. The lowest BCUT2D eigenvalue weighted by Gasteiger charge is -2.12. The van der Waals surface area contributed by atoms with E-state index in [-0.39, 0.29) is 30.3 Å². The van der Waals surface area contributed by atoms with Crippen LogP contribution in [-0.4, -0.2) is 39.9 Å². The lowest BCUT2D eigenvalue weighted by Crippen LogP contribution is -2.26. The highest BCUT2D eigenvalue weighted by Gasteiger charge is 2.15. The number of hydrogen-bond acceptors (Lipinski definition) is 7. The van der Waals surface area contributed by atoms with Crippen molar-refractivity contribution in [3.05, 3.63) is 53.6 Å². The minimum atomic E-state index is -3.75. The van der Waals surface area contributed by atoms with Crippen molar-refractivity contribution in [3.8, 4) is 11.5 Å². The summed E-state index contributed by atoms with van der Waals surface area (Å²) in [6.45, 7) is 5.82. The highest BCUT2D eigenvalue weighted by atomic mass is 32.2. The monoisotopic (exact) mass is 449 g/mol. The van der Waals surface area contributed by atoms with Crippen LogP contribution in [0.4, 0.5) is 0 Å². The largest absolute Gasteiger partial charge is 0.494 e. The van der Waals surface area contributed by atoms with Crippen LogP contribution in [0.2, 0.25) is 0 Å². The summed E-state index contributed by atoms with van der Waals surface area (Å²) in [6.07, 6.45) is -0.146. The van der Waals surface area contributed by atoms with E-state index in [9.17, 15) is 18.0 Å². The van der Waals surface area contributed by atoms with E-state index in [0.717, 1.165) is 0 Å². The Labute approximate surface area is 182 Å². The van der Waals surface area contributed by atoms with Crippen LogP contribution in [0, 0.1) is 0 Å². The Balaban J connectivity index is 1.89. The molecule has 9 heteroatoms. The Morgan fingerprint density at radius 3 is 2.26 bits per heavy atom. The van der Waals surface area contributed by atoms with Gasteiger partial charge in [-0.1, -0.05) is 0 Å². The number of carbonyl (C=O) groups excluding carboxylic acids is 2. The predicted octanol–water partition coefficient (Wildman–Crippen LogP) is 3.10. The Hall–Kier alpha value is -2.91. The second-order valence-electron chi connectivity index (χ2n) is 6.52. The van der Waals surface area contributed by atoms with Crippen LogP contribution in [0.25, 0.3) is 0 Å². The zero-order chi connectivity index (χ0) is 22.9. The first kappa shape index (κ1) is 24.4. The maximum atomic E-state index is 12.3. The summed E-state index contributed by atoms with van der Waals surface area (Å²) in [5.74, 6) is 0.409. The van der Waals surface area contributed by atoms with E-state index in [1.54, 1.807) is 30.3 Å². The summed E-state index contributed by atoms with van der Waals surface area (Å²) < 4.78 is 43.0. The molecule has 2 aromatic carbocycles. The first-order valence-electron chi connectivity index (χ1n) is 9.91. The van der Waals surface area contributed by atoms with Crippen LogP contribution in [-0.2, 0) is 26.2 Å². The molecule has 1 N–H and O–H groups in total. The number of hydrogen-bond donors (Lipinski definition) is 1. The van der Waals surface area contributed by atoms with Crippen LogP contribution < -0.4 is 14.2 Å². The molecule has 2 aromatic rings. The molecule has 0 aliphatic rings. The highest BCUT2D eigenvalue weighted by molar-refractivity contribution is 7.89. The molecule has 168 valence electrons. The zero-order valence-corrected chi connectivity index (χ0v) is 18.7. The molecule has 8 nitrogen and oxygen atoms in total. The minimum absolute atomic E-state index is 0.0757. The second kappa shape index (κ2) is 11.5. The van der Waals surface area contributed by atoms with Crippen LogP contribution in [0.3, 0.4) is 0 Å². The van der Waals surface area contributed by atoms with Gasteiger partial charge in [-0.25, -0.2) is 13.1 Å². The van der Waals surface area contributed by atoms with Crippen molar-refractivity contribution < 1.29 is 32.2 Å². The molecular formula is C22H27NO7S. The summed E-state index contributed by atoms with van der Waals surface area (Å²) in [6, 6.07) is 10.9. The number of rotatable bonds is 12. The third-order valence-corrected chi connectivity index (χ3v) is 5.70. The molecule has 2 rings (SSSR count). The molecule has 31 heavy (non-hydrogen) atoms. The number of Topliss-reactive ketones (excluding diaryl/α,β-unsaturated/α-hetero) is 1. The Morgan fingerprint density at radius 2 is 1.65 bits per heavy atom. The number of esters is 1. The van der Waals surface area contributed by atoms with Gasteiger partial charge in [-0.15, -0.1) is 0 Å². The Morgan fingerprint density at radius 1 is 0.968 bits per heavy atom. The molecule has 0 aromatic heterocycles. The topological polar surface area (TPSA) is 108 Å². The molecule has 0 aliphatic carbocycles. The number of nitrogens with one attached hydrogen (secondary N) is 1. The average molecular weight is 450 g/mol. The maximum Gasteiger partial charge on any atom is 0.307 e. The first-order chi connectivity index (χ1) is 14.8. The van der Waals surface area contributed by atoms with Gasteiger partial charge in [0.15, 0.2) is 5.78 Å². The van der Waals surface area contributed by atoms with Crippen LogP contribution >= 0.6 is 0 Å². The molecule has 0 heterocycles. The molecule has 0 radical (unpaired) electrons. The Kier molecular flexibility index (Phi) is 9.02. The van der Waals surface area contributed by atoms with Gasteiger partial charge in [-0.05, 0) is 63.2 Å². The minimum Gasteiger partial charge on any atom is -0.494 e. The third-order valence-electron chi connectivity index (χ3n) is 4.22. The van der Waals surface area contributed by atoms with E-state index in [4.69, 9.17) is 14.2 Å². The summed E-state index contributed by atoms with van der Waals surface area (Å²) in [5.41, 5.74) is 1.05. The van der Waals surface area contributed by atoms with Gasteiger partial charge in [0.25, 0.3) is 0 Å². The molecule has 0 saturated heterocycles. The van der Waals surface area contributed by atoms with Crippen molar-refractivity contribution in [1.82, 2.24) is 4.72 Å². The lowest BCUT2D eigenvalue weighted by atomic mass is 10.1. The molecule has 0 fully saturated rings. The first-order valence-corrected chi connectivity index (χ1v) is 11.4. The molecule has 0 unspecified atom stereocenters. The maximum absolute atomic E-state index is 12.3. The normalized spacial score (nSPS) is 11.1. The Bertz CT molecular complexity index is 1000. The number of carbonyl (C=O) groups is 2. The fourth-order valence-corrected chi connectivity index (χ4v) is 3.72. The second-order valence-corrected chi connectivity index (χ2v) is 8.29. The standard InChI is InChI=1S/C22H27NO7S/c1-4-28-19-7-9-20(10-8-19)31(26,27)23-13-12-22(25)30-15-18-14-17(16(3)24)6-11-21(18)29-5-2/h6-11,14,23H,4-5,12-13,15H2,1-3H3. The van der Waals surface area contributed by atoms with Gasteiger partial charge in [0, 0.05) is 17.7 Å². The third kappa shape index (κ3) is 7.37. The van der Waals surface area contributed by atoms with Crippen molar-refractivity contribution in [2.45, 2.75) is 38.7 Å². The van der Waals surface area contributed by atoms with Crippen molar-refractivity contribution in [1.29, 1.82) is 0 Å². The van der Waals surface area contributed by atoms with E-state index >= 15 is 0 Å². The fourth-order valence-electron chi connectivity index (χ4n) is 2.69. The SMILES string of the molecule is CCOc1ccc(S(=O)(=O)NCCC(=O)OCc2cc(C(C)=O)ccc2OCC)cc1. The number of benzene rings is 2. The van der Waals surface area contributed by atoms with Gasteiger partial charge in [0.05, 0.1) is 24.5 Å². The number of ketones is 1. The zero-order valence-electron chi connectivity index (χ0n) is 17.8. The van der Waals surface area contributed by atoms with Crippen molar-refractivity contribution >= 4 is 21.8 Å². The molecular weight excluding hydrogens is 422 g/mol. The predicted molar refractivity (Wildman–Crippen MR) is 115 cm³/mol. The van der Waals surface area contributed by atoms with Gasteiger partial charge in [0.2, 0.25) is 10.0 Å². The van der Waals surface area contributed by atoms with E-state index in [1.807, 2.05) is 13.8 Å². The number of sulfonamides is 1. The van der Waals surface area contributed by atoms with Gasteiger partial charge in [-0.2, -0.15) is 0 Å². The highest BCUT2D eigenvalue weighted by Crippen LogP contribution is 2.22. The van der Waals surface area contributed by atoms with Gasteiger partial charge in [-0.3, -0.25) is 9.59 Å². The molecule has 0 atom stereocenters. The summed E-state index contributed by atoms with van der Waals surface area (Å²) in [4.78, 5) is 23.7. The summed E-state index contributed by atoms with van der Waals surface area (Å²) >= 11 is 0. The van der Waals surface area contributed by atoms with Crippen LogP contribution in [0.5, 0.6) is 11.5 Å². The lowest BCUT2D eigenvalue weighted by molar-refractivity contribution is -0.144. The van der Waals surface area contributed by atoms with Crippen molar-refractivity contribution in [2.75, 3.05) is 19.8 Å². The quantitative estimate of drug-likeness (QED) is 0.392. The van der Waals surface area contributed by atoms with Crippen LogP contribution in [0.1, 0.15) is 43.1 Å². The summed E-state index contributed by atoms with van der Waals surface area (Å²) in [7, 11) is -3.75. The number of ether oxygens (including phenoxy) is 3. The summed E-state index contributed by atoms with van der Waals surface area (Å²) in [5, 5.41) is 0. The van der Waals surface area contributed by atoms with Crippen LogP contribution in [0.15, 0.2) is 47.4 Å². The van der Waals surface area contributed by atoms with Gasteiger partial charge < -0.3 is 14.2 Å². The van der Waals surface area contributed by atoms with Crippen molar-refractivity contribution in [2.24, 2.45) is 0 Å². The smallest absolute Gasteiger partial charge is 0.307 e. The van der Waals surface area contributed by atoms with E-state index in [1.165, 1.54) is 19.1 Å². The molecule has 0 saturated carbocycles. The van der Waals surface area contributed by atoms with E-state index < -0.39 is 16.0 Å². The van der Waals surface area contributed by atoms with Gasteiger partial charge >= 0.3 is 5.97 Å².